The van der Waals surface area contributed by atoms with E-state index in [1.54, 1.807) is 13.0 Å². The number of non-ortho nitro benzene ring substituents is 1. The Kier molecular flexibility index (Phi) is 4.91. The minimum atomic E-state index is -0.552. The predicted octanol–water partition coefficient (Wildman–Crippen LogP) is 4.51. The van der Waals surface area contributed by atoms with Gasteiger partial charge in [-0.3, -0.25) is 14.9 Å². The number of amides is 1. The fourth-order valence-electron chi connectivity index (χ4n) is 2.06. The van der Waals surface area contributed by atoms with Crippen molar-refractivity contribution in [3.63, 3.8) is 0 Å². The van der Waals surface area contributed by atoms with Crippen molar-refractivity contribution in [3.05, 3.63) is 57.6 Å². The number of hydrogen-bond acceptors (Lipinski definition) is 6. The Balaban J connectivity index is 1.69. The number of carbonyl (C=O) groups is 1. The number of aromatic nitrogens is 1. The summed E-state index contributed by atoms with van der Waals surface area (Å²) in [6.45, 7) is 1.70. The molecule has 1 amide bonds. The van der Waals surface area contributed by atoms with Gasteiger partial charge < -0.3 is 9.73 Å². The molecule has 7 nitrogen and oxygen atoms in total. The normalized spacial score (nSPS) is 12.1. The first-order valence-electron chi connectivity index (χ1n) is 7.21. The number of nitrogens with one attached hydrogen (secondary N) is 1. The summed E-state index contributed by atoms with van der Waals surface area (Å²) in [6, 6.07) is 11.2. The number of oxazole rings is 1. The summed E-state index contributed by atoms with van der Waals surface area (Å²) < 4.78 is 5.58. The number of nitro groups is 1. The maximum Gasteiger partial charge on any atom is 0.271 e. The number of rotatable bonds is 5. The van der Waals surface area contributed by atoms with Crippen LogP contribution in [0.1, 0.15) is 6.92 Å². The van der Waals surface area contributed by atoms with E-state index in [1.807, 2.05) is 18.2 Å². The van der Waals surface area contributed by atoms with Crippen molar-refractivity contribution in [2.75, 3.05) is 5.32 Å². The van der Waals surface area contributed by atoms with Crippen molar-refractivity contribution >= 4 is 51.7 Å². The fraction of sp³-hybridized carbons (Fsp3) is 0.125. The maximum atomic E-state index is 12.3. The van der Waals surface area contributed by atoms with E-state index in [4.69, 9.17) is 16.0 Å². The van der Waals surface area contributed by atoms with Gasteiger partial charge in [0.2, 0.25) is 5.91 Å². The van der Waals surface area contributed by atoms with E-state index in [0.717, 1.165) is 5.52 Å². The van der Waals surface area contributed by atoms with Crippen LogP contribution in [-0.4, -0.2) is 21.1 Å². The van der Waals surface area contributed by atoms with Gasteiger partial charge in [-0.25, -0.2) is 4.98 Å². The molecule has 25 heavy (non-hydrogen) atoms. The first kappa shape index (κ1) is 17.2. The molecule has 1 aromatic heterocycles. The van der Waals surface area contributed by atoms with E-state index in [2.05, 4.69) is 10.3 Å². The number of anilines is 1. The number of halogens is 1. The summed E-state index contributed by atoms with van der Waals surface area (Å²) in [5.74, 6) is -0.317. The van der Waals surface area contributed by atoms with Gasteiger partial charge in [-0.05, 0) is 25.1 Å². The SMILES string of the molecule is C[C@H](Sc1nc2ccccc2o1)C(=O)Nc1ccc([N+](=O)[O-])cc1Cl. The number of thioether (sulfide) groups is 1. The lowest BCUT2D eigenvalue weighted by Gasteiger charge is -2.11. The summed E-state index contributed by atoms with van der Waals surface area (Å²) in [5.41, 5.74) is 1.53. The largest absolute Gasteiger partial charge is 0.431 e. The van der Waals surface area contributed by atoms with Gasteiger partial charge in [0.05, 0.1) is 20.9 Å². The van der Waals surface area contributed by atoms with Crippen LogP contribution >= 0.6 is 23.4 Å². The standard InChI is InChI=1S/C16H12ClN3O4S/c1-9(25-16-19-13-4-2-3-5-14(13)24-16)15(21)18-12-7-6-10(20(22)23)8-11(12)17/h2-9H,1H3,(H,18,21)/t9-/m0/s1. The van der Waals surface area contributed by atoms with E-state index in [-0.39, 0.29) is 16.6 Å². The Morgan fingerprint density at radius 3 is 2.80 bits per heavy atom. The highest BCUT2D eigenvalue weighted by atomic mass is 35.5. The van der Waals surface area contributed by atoms with Gasteiger partial charge in [0, 0.05) is 12.1 Å². The number of para-hydroxylation sites is 2. The van der Waals surface area contributed by atoms with Crippen molar-refractivity contribution in [3.8, 4) is 0 Å². The third-order valence-corrected chi connectivity index (χ3v) is 4.60. The first-order chi connectivity index (χ1) is 11.9. The van der Waals surface area contributed by atoms with Gasteiger partial charge >= 0.3 is 0 Å². The van der Waals surface area contributed by atoms with E-state index >= 15 is 0 Å². The monoisotopic (exact) mass is 377 g/mol. The van der Waals surface area contributed by atoms with E-state index in [9.17, 15) is 14.9 Å². The van der Waals surface area contributed by atoms with Gasteiger partial charge in [-0.15, -0.1) is 0 Å². The molecule has 0 aliphatic rings. The molecular formula is C16H12ClN3O4S. The van der Waals surface area contributed by atoms with Crippen LogP contribution in [0.4, 0.5) is 11.4 Å². The molecule has 1 N–H and O–H groups in total. The zero-order valence-corrected chi connectivity index (χ0v) is 14.5. The number of benzene rings is 2. The second kappa shape index (κ2) is 7.12. The smallest absolute Gasteiger partial charge is 0.271 e. The molecule has 0 aliphatic heterocycles. The number of hydrogen-bond donors (Lipinski definition) is 1. The van der Waals surface area contributed by atoms with Crippen LogP contribution in [0.2, 0.25) is 5.02 Å². The third-order valence-electron chi connectivity index (χ3n) is 3.34. The molecular weight excluding hydrogens is 366 g/mol. The Hall–Kier alpha value is -2.58. The van der Waals surface area contributed by atoms with Crippen molar-refractivity contribution in [2.24, 2.45) is 0 Å². The third kappa shape index (κ3) is 3.92. The molecule has 0 fully saturated rings. The molecule has 0 aliphatic carbocycles. The average Bonchev–Trinajstić information content (AvgIpc) is 2.98. The molecule has 9 heteroatoms. The number of fused-ring (bicyclic) bond motifs is 1. The summed E-state index contributed by atoms with van der Waals surface area (Å²) in [7, 11) is 0. The zero-order chi connectivity index (χ0) is 18.0. The summed E-state index contributed by atoms with van der Waals surface area (Å²) in [5, 5.41) is 13.3. The highest BCUT2D eigenvalue weighted by molar-refractivity contribution is 8.00. The van der Waals surface area contributed by atoms with Crippen LogP contribution in [0.3, 0.4) is 0 Å². The second-order valence-corrected chi connectivity index (χ2v) is 6.82. The van der Waals surface area contributed by atoms with Crippen LogP contribution in [0.5, 0.6) is 0 Å². The first-order valence-corrected chi connectivity index (χ1v) is 8.47. The van der Waals surface area contributed by atoms with Crippen molar-refractivity contribution in [2.45, 2.75) is 17.4 Å². The molecule has 1 heterocycles. The van der Waals surface area contributed by atoms with Gasteiger partial charge in [0.15, 0.2) is 5.58 Å². The highest BCUT2D eigenvalue weighted by Crippen LogP contribution is 2.30. The topological polar surface area (TPSA) is 98.3 Å². The maximum absolute atomic E-state index is 12.3. The van der Waals surface area contributed by atoms with Crippen LogP contribution in [0.15, 0.2) is 52.1 Å². The molecule has 2 aromatic carbocycles. The number of nitrogens with zero attached hydrogens (tertiary/aromatic N) is 2. The quantitative estimate of drug-likeness (QED) is 0.399. The Labute approximate surface area is 151 Å². The Morgan fingerprint density at radius 2 is 2.12 bits per heavy atom. The molecule has 0 unspecified atom stereocenters. The van der Waals surface area contributed by atoms with E-state index in [1.165, 1.54) is 30.0 Å². The van der Waals surface area contributed by atoms with Gasteiger partial charge in [0.1, 0.15) is 5.52 Å². The van der Waals surface area contributed by atoms with Crippen molar-refractivity contribution in [1.29, 1.82) is 0 Å². The van der Waals surface area contributed by atoms with Crippen molar-refractivity contribution in [1.82, 2.24) is 4.98 Å². The van der Waals surface area contributed by atoms with Crippen LogP contribution in [0.25, 0.3) is 11.1 Å². The minimum absolute atomic E-state index is 0.0987. The molecule has 0 saturated carbocycles. The molecule has 0 saturated heterocycles. The highest BCUT2D eigenvalue weighted by Gasteiger charge is 2.19. The second-order valence-electron chi connectivity index (χ2n) is 5.12. The number of nitro benzene ring substituents is 1. The van der Waals surface area contributed by atoms with E-state index in [0.29, 0.717) is 16.5 Å². The molecule has 1 atom stereocenters. The average molecular weight is 378 g/mol. The summed E-state index contributed by atoms with van der Waals surface area (Å²) in [4.78, 5) is 26.8. The zero-order valence-electron chi connectivity index (χ0n) is 12.9. The van der Waals surface area contributed by atoms with Crippen molar-refractivity contribution < 1.29 is 14.1 Å². The van der Waals surface area contributed by atoms with Gasteiger partial charge in [0.25, 0.3) is 10.9 Å². The molecule has 128 valence electrons. The van der Waals surface area contributed by atoms with E-state index < -0.39 is 10.2 Å². The molecule has 0 spiro atoms. The fourth-order valence-corrected chi connectivity index (χ4v) is 3.04. The summed E-state index contributed by atoms with van der Waals surface area (Å²) >= 11 is 7.15. The molecule has 3 rings (SSSR count). The minimum Gasteiger partial charge on any atom is -0.431 e. The Bertz CT molecular complexity index is 926. The summed E-state index contributed by atoms with van der Waals surface area (Å²) in [6.07, 6.45) is 0. The molecule has 0 bridgehead atoms. The van der Waals surface area contributed by atoms with Gasteiger partial charge in [-0.2, -0.15) is 0 Å². The van der Waals surface area contributed by atoms with Crippen LogP contribution in [0, 0.1) is 10.1 Å². The van der Waals surface area contributed by atoms with Crippen LogP contribution < -0.4 is 5.32 Å². The van der Waals surface area contributed by atoms with Crippen LogP contribution in [-0.2, 0) is 4.79 Å². The predicted molar refractivity (Wildman–Crippen MR) is 96.1 cm³/mol. The lowest BCUT2D eigenvalue weighted by molar-refractivity contribution is -0.384. The molecule has 0 radical (unpaired) electrons. The number of carbonyl (C=O) groups excluding carboxylic acids is 1. The van der Waals surface area contributed by atoms with Gasteiger partial charge in [-0.1, -0.05) is 35.5 Å². The lowest BCUT2D eigenvalue weighted by Crippen LogP contribution is -2.22. The Morgan fingerprint density at radius 1 is 1.36 bits per heavy atom. The molecule has 3 aromatic rings. The lowest BCUT2D eigenvalue weighted by atomic mass is 10.2.